The number of hydrogen-bond donors (Lipinski definition) is 0. The van der Waals surface area contributed by atoms with Crippen molar-refractivity contribution >= 4 is 30.0 Å². The summed E-state index contributed by atoms with van der Waals surface area (Å²) < 4.78 is 6.37. The maximum absolute atomic E-state index is 5.83. The van der Waals surface area contributed by atoms with Crippen LogP contribution in [-0.2, 0) is 0 Å². The topological polar surface area (TPSA) is 3.24 Å². The van der Waals surface area contributed by atoms with Gasteiger partial charge in [0, 0.05) is 0 Å². The fraction of sp³-hybridized carbons (Fsp3) is 0.789. The van der Waals surface area contributed by atoms with E-state index in [1.807, 2.05) is 0 Å². The molecule has 0 aliphatic rings. The van der Waals surface area contributed by atoms with E-state index in [9.17, 15) is 0 Å². The summed E-state index contributed by atoms with van der Waals surface area (Å²) in [5, 5.41) is 0. The second-order valence-electron chi connectivity index (χ2n) is 6.84. The predicted molar refractivity (Wildman–Crippen MR) is 107 cm³/mol. The number of halogens is 1. The molecule has 0 aromatic rings. The molecular formula is C19H38ClNSn. The summed E-state index contributed by atoms with van der Waals surface area (Å²) in [6.45, 7) is 8.15. The molecule has 22 heavy (non-hydrogen) atoms. The first-order chi connectivity index (χ1) is 10.6. The Kier molecular flexibility index (Phi) is 14.3. The predicted octanol–water partition coefficient (Wildman–Crippen LogP) is 6.62. The van der Waals surface area contributed by atoms with Gasteiger partial charge in [0.2, 0.25) is 0 Å². The Hall–Kier alpha value is 0.529. The van der Waals surface area contributed by atoms with Crippen LogP contribution in [0.2, 0.25) is 13.3 Å². The monoisotopic (exact) mass is 435 g/mol. The van der Waals surface area contributed by atoms with Gasteiger partial charge in [-0.3, -0.25) is 0 Å². The quantitative estimate of drug-likeness (QED) is 0.233. The molecule has 0 rings (SSSR count). The first-order valence-electron chi connectivity index (χ1n) is 9.17. The number of nitrogens with zero attached hydrogens (tertiary/aromatic N) is 1. The van der Waals surface area contributed by atoms with E-state index >= 15 is 0 Å². The molecule has 0 aromatic carbocycles. The van der Waals surface area contributed by atoms with Gasteiger partial charge in [0.25, 0.3) is 0 Å². The Bertz CT molecular complexity index is 302. The Balaban J connectivity index is 5.53. The van der Waals surface area contributed by atoms with E-state index in [4.69, 9.17) is 11.6 Å². The van der Waals surface area contributed by atoms with Crippen molar-refractivity contribution in [3.63, 3.8) is 0 Å². The van der Waals surface area contributed by atoms with Gasteiger partial charge in [0.1, 0.15) is 0 Å². The molecule has 0 aromatic heterocycles. The molecule has 0 atom stereocenters. The van der Waals surface area contributed by atoms with Crippen LogP contribution in [0.1, 0.15) is 59.3 Å². The Morgan fingerprint density at radius 3 is 1.68 bits per heavy atom. The fourth-order valence-electron chi connectivity index (χ4n) is 3.29. The van der Waals surface area contributed by atoms with Gasteiger partial charge in [-0.2, -0.15) is 0 Å². The molecule has 0 radical (unpaired) electrons. The van der Waals surface area contributed by atoms with E-state index in [0.29, 0.717) is 0 Å². The minimum absolute atomic E-state index is 1.13. The zero-order valence-electron chi connectivity index (χ0n) is 15.6. The average molecular weight is 435 g/mol. The molecule has 0 spiro atoms. The molecular weight excluding hydrogens is 396 g/mol. The Morgan fingerprint density at radius 2 is 1.36 bits per heavy atom. The second kappa shape index (κ2) is 13.9. The molecule has 0 aliphatic heterocycles. The van der Waals surface area contributed by atoms with Crippen LogP contribution in [0, 0.1) is 0 Å². The van der Waals surface area contributed by atoms with E-state index in [1.165, 1.54) is 51.8 Å². The molecule has 0 saturated carbocycles. The van der Waals surface area contributed by atoms with E-state index in [2.05, 4.69) is 51.9 Å². The van der Waals surface area contributed by atoms with Crippen LogP contribution < -0.4 is 0 Å². The van der Waals surface area contributed by atoms with Crippen LogP contribution in [0.3, 0.4) is 0 Å². The molecule has 1 nitrogen and oxygen atoms in total. The van der Waals surface area contributed by atoms with Gasteiger partial charge in [-0.1, -0.05) is 0 Å². The molecule has 0 saturated heterocycles. The van der Waals surface area contributed by atoms with Crippen molar-refractivity contribution in [3.8, 4) is 0 Å². The van der Waals surface area contributed by atoms with Crippen LogP contribution in [0.5, 0.6) is 0 Å². The number of likely N-dealkylation sites (N-methyl/N-ethyl adjacent to an activating group) is 1. The third-order valence-electron chi connectivity index (χ3n) is 4.56. The van der Waals surface area contributed by atoms with Crippen LogP contribution >= 0.6 is 11.6 Å². The molecule has 0 amide bonds. The third-order valence-corrected chi connectivity index (χ3v) is 20.7. The first-order valence-corrected chi connectivity index (χ1v) is 17.1. The SMILES string of the molecule is CCC[CH2][Sn]([CH2]CCC)([CH2]CCC)/[C](=C\C=C\Cl)CN(C)C. The summed E-state index contributed by atoms with van der Waals surface area (Å²) in [5.74, 6) is 0. The number of allylic oxidation sites excluding steroid dienone is 2. The summed E-state index contributed by atoms with van der Waals surface area (Å²) >= 11 is 3.56. The zero-order chi connectivity index (χ0) is 16.8. The van der Waals surface area contributed by atoms with Crippen LogP contribution in [0.4, 0.5) is 0 Å². The van der Waals surface area contributed by atoms with Gasteiger partial charge in [0.05, 0.1) is 0 Å². The average Bonchev–Trinajstić information content (AvgIpc) is 2.51. The van der Waals surface area contributed by atoms with Crippen molar-refractivity contribution < 1.29 is 0 Å². The number of hydrogen-bond acceptors (Lipinski definition) is 1. The van der Waals surface area contributed by atoms with Crippen LogP contribution in [0.15, 0.2) is 21.3 Å². The summed E-state index contributed by atoms with van der Waals surface area (Å²) in [7, 11) is 4.41. The van der Waals surface area contributed by atoms with Crippen molar-refractivity contribution in [3.05, 3.63) is 21.3 Å². The van der Waals surface area contributed by atoms with Crippen molar-refractivity contribution in [1.29, 1.82) is 0 Å². The van der Waals surface area contributed by atoms with Crippen molar-refractivity contribution in [2.75, 3.05) is 20.6 Å². The van der Waals surface area contributed by atoms with Gasteiger partial charge < -0.3 is 0 Å². The maximum atomic E-state index is 5.83. The van der Waals surface area contributed by atoms with E-state index < -0.39 is 18.4 Å². The molecule has 0 fully saturated rings. The Morgan fingerprint density at radius 1 is 0.909 bits per heavy atom. The molecule has 0 aliphatic carbocycles. The van der Waals surface area contributed by atoms with Crippen molar-refractivity contribution in [1.82, 2.24) is 4.90 Å². The van der Waals surface area contributed by atoms with Gasteiger partial charge in [-0.25, -0.2) is 0 Å². The first kappa shape index (κ1) is 22.5. The summed E-state index contributed by atoms with van der Waals surface area (Å²) in [6.07, 6.45) is 12.7. The Labute approximate surface area is 149 Å². The minimum atomic E-state index is -2.27. The van der Waals surface area contributed by atoms with Crippen molar-refractivity contribution in [2.45, 2.75) is 72.6 Å². The van der Waals surface area contributed by atoms with Gasteiger partial charge >= 0.3 is 149 Å². The van der Waals surface area contributed by atoms with Crippen LogP contribution in [-0.4, -0.2) is 43.9 Å². The van der Waals surface area contributed by atoms with E-state index in [1.54, 1.807) is 9.12 Å². The molecule has 0 bridgehead atoms. The van der Waals surface area contributed by atoms with E-state index in [0.717, 1.165) is 6.54 Å². The standard InChI is InChI=1S/C7H11ClN.3C4H9.Sn/c1-9(2)7-5-3-4-6-8;3*1-3-4-2;/h3-4,6H,7H2,1-2H3;3*1,3-4H2,2H3;/b5-3?,6-4+;;;;. The molecule has 0 N–H and O–H groups in total. The van der Waals surface area contributed by atoms with Crippen molar-refractivity contribution in [2.24, 2.45) is 0 Å². The van der Waals surface area contributed by atoms with Gasteiger partial charge in [-0.05, 0) is 0 Å². The molecule has 3 heteroatoms. The summed E-state index contributed by atoms with van der Waals surface area (Å²) in [4.78, 5) is 2.35. The summed E-state index contributed by atoms with van der Waals surface area (Å²) in [6, 6.07) is 0. The normalized spacial score (nSPS) is 13.5. The summed E-state index contributed by atoms with van der Waals surface area (Å²) in [5.41, 5.74) is 1.67. The fourth-order valence-corrected chi connectivity index (χ4v) is 20.2. The van der Waals surface area contributed by atoms with E-state index in [-0.39, 0.29) is 0 Å². The number of unbranched alkanes of at least 4 members (excludes halogenated alkanes) is 3. The van der Waals surface area contributed by atoms with Crippen LogP contribution in [0.25, 0.3) is 0 Å². The van der Waals surface area contributed by atoms with Gasteiger partial charge in [0.15, 0.2) is 0 Å². The third kappa shape index (κ3) is 8.98. The molecule has 130 valence electrons. The molecule has 0 heterocycles. The molecule has 0 unspecified atom stereocenters. The second-order valence-corrected chi connectivity index (χ2v) is 20.5. The zero-order valence-corrected chi connectivity index (χ0v) is 19.2. The van der Waals surface area contributed by atoms with Gasteiger partial charge in [-0.15, -0.1) is 0 Å². The number of rotatable bonds is 13.